The van der Waals surface area contributed by atoms with Gasteiger partial charge in [0, 0.05) is 31.4 Å². The first-order valence-corrected chi connectivity index (χ1v) is 16.9. The normalized spacial score (nSPS) is 17.5. The van der Waals surface area contributed by atoms with Gasteiger partial charge in [-0.05, 0) is 53.8 Å². The zero-order valence-electron chi connectivity index (χ0n) is 27.5. The number of fused-ring (bicyclic) bond motifs is 1. The number of rotatable bonds is 14. The molecule has 2 heterocycles. The number of imidazole rings is 1. The molecule has 1 fully saturated rings. The molecule has 5 aromatic rings. The average molecular weight is 662 g/mol. The third-order valence-corrected chi connectivity index (χ3v) is 8.83. The maximum Gasteiger partial charge on any atom is 0.224 e. The number of nitrogens with one attached hydrogen (secondary N) is 2. The van der Waals surface area contributed by atoms with Crippen molar-refractivity contribution in [3.05, 3.63) is 126 Å². The Morgan fingerprint density at radius 2 is 1.51 bits per heavy atom. The van der Waals surface area contributed by atoms with Gasteiger partial charge in [-0.1, -0.05) is 79.2 Å². The number of aromatic nitrogens is 2. The second kappa shape index (κ2) is 16.4. The maximum absolute atomic E-state index is 12.5. The van der Waals surface area contributed by atoms with Gasteiger partial charge in [0.25, 0.3) is 0 Å². The van der Waals surface area contributed by atoms with Crippen molar-refractivity contribution in [2.45, 2.75) is 76.7 Å². The highest BCUT2D eigenvalue weighted by Gasteiger charge is 2.32. The van der Waals surface area contributed by atoms with Crippen molar-refractivity contribution >= 4 is 34.2 Å². The Labute approximate surface area is 286 Å². The van der Waals surface area contributed by atoms with Crippen LogP contribution in [0, 0.1) is 0 Å². The number of carbonyl (C=O) groups excluding carboxylic acids is 2. The number of aliphatic hydroxyl groups is 1. The molecule has 3 unspecified atom stereocenters. The Morgan fingerprint density at radius 1 is 0.816 bits per heavy atom. The number of amides is 2. The largest absolute Gasteiger partial charge is 0.397 e. The molecule has 0 saturated carbocycles. The molecule has 254 valence electrons. The van der Waals surface area contributed by atoms with Gasteiger partial charge in [0.15, 0.2) is 6.29 Å². The average Bonchev–Trinajstić information content (AvgIpc) is 3.54. The Kier molecular flexibility index (Phi) is 11.3. The molecule has 4 aromatic carbocycles. The van der Waals surface area contributed by atoms with Gasteiger partial charge < -0.3 is 35.5 Å². The Morgan fingerprint density at radius 3 is 2.29 bits per heavy atom. The fourth-order valence-electron chi connectivity index (χ4n) is 6.06. The number of anilines is 2. The summed E-state index contributed by atoms with van der Waals surface area (Å²) in [7, 11) is 0. The van der Waals surface area contributed by atoms with Gasteiger partial charge in [0.1, 0.15) is 0 Å². The monoisotopic (exact) mass is 661 g/mol. The number of carbonyl (C=O) groups is 2. The van der Waals surface area contributed by atoms with Gasteiger partial charge in [0.2, 0.25) is 11.8 Å². The lowest BCUT2D eigenvalue weighted by Gasteiger charge is -2.36. The van der Waals surface area contributed by atoms with Crippen molar-refractivity contribution in [2.24, 2.45) is 0 Å². The van der Waals surface area contributed by atoms with Gasteiger partial charge in [-0.3, -0.25) is 9.59 Å². The highest BCUT2D eigenvalue weighted by molar-refractivity contribution is 5.93. The van der Waals surface area contributed by atoms with Gasteiger partial charge in [-0.15, -0.1) is 0 Å². The molecular weight excluding hydrogens is 618 g/mol. The van der Waals surface area contributed by atoms with Crippen LogP contribution in [0.1, 0.15) is 73.2 Å². The molecule has 6 rings (SSSR count). The van der Waals surface area contributed by atoms with Crippen molar-refractivity contribution in [3.63, 3.8) is 0 Å². The van der Waals surface area contributed by atoms with E-state index in [0.29, 0.717) is 56.6 Å². The summed E-state index contributed by atoms with van der Waals surface area (Å²) in [5, 5.41) is 15.3. The fourth-order valence-corrected chi connectivity index (χ4v) is 6.06. The fraction of sp³-hybridized carbons (Fsp3) is 0.308. The summed E-state index contributed by atoms with van der Waals surface area (Å²) >= 11 is 0. The van der Waals surface area contributed by atoms with Crippen molar-refractivity contribution in [3.8, 4) is 0 Å². The third-order valence-electron chi connectivity index (χ3n) is 8.83. The minimum absolute atomic E-state index is 0.00706. The highest BCUT2D eigenvalue weighted by Crippen LogP contribution is 2.38. The molecule has 1 aliphatic rings. The number of hydrogen-bond acceptors (Lipinski definition) is 7. The van der Waals surface area contributed by atoms with Gasteiger partial charge in [-0.25, -0.2) is 4.98 Å². The number of aliphatic hydroxyl groups excluding tert-OH is 1. The van der Waals surface area contributed by atoms with Crippen LogP contribution >= 0.6 is 0 Å². The van der Waals surface area contributed by atoms with E-state index < -0.39 is 6.29 Å². The van der Waals surface area contributed by atoms with Gasteiger partial charge in [-0.2, -0.15) is 0 Å². The molecule has 49 heavy (non-hydrogen) atoms. The summed E-state index contributed by atoms with van der Waals surface area (Å²) in [5.74, 6) is -0.0983. The van der Waals surface area contributed by atoms with Crippen LogP contribution in [-0.2, 0) is 38.8 Å². The first-order chi connectivity index (χ1) is 23.9. The summed E-state index contributed by atoms with van der Waals surface area (Å²) in [6.45, 7) is 1.04. The van der Waals surface area contributed by atoms with Crippen molar-refractivity contribution in [1.29, 1.82) is 0 Å². The van der Waals surface area contributed by atoms with Crippen molar-refractivity contribution in [2.75, 3.05) is 11.1 Å². The molecule has 5 N–H and O–H groups in total. The summed E-state index contributed by atoms with van der Waals surface area (Å²) in [6, 6.07) is 31.0. The molecule has 1 aromatic heterocycles. The van der Waals surface area contributed by atoms with E-state index >= 15 is 0 Å². The van der Waals surface area contributed by atoms with Gasteiger partial charge in [0.05, 0.1) is 54.1 Å². The molecule has 10 heteroatoms. The van der Waals surface area contributed by atoms with E-state index in [2.05, 4.69) is 26.3 Å². The van der Waals surface area contributed by atoms with Crippen LogP contribution in [0.3, 0.4) is 0 Å². The molecule has 0 aliphatic carbocycles. The molecule has 10 nitrogen and oxygen atoms in total. The third kappa shape index (κ3) is 9.11. The number of unbranched alkanes of at least 4 members (excludes halogenated alkanes) is 2. The van der Waals surface area contributed by atoms with Crippen LogP contribution in [0.4, 0.5) is 11.4 Å². The molecular formula is C39H43N5O5. The van der Waals surface area contributed by atoms with Crippen LogP contribution in [0.2, 0.25) is 0 Å². The SMILES string of the molecule is Nc1ccccc1NC(=O)CCCCCC(=O)NCc1ccc(C2OC(Cn3cnc4ccccc43)CC(c3ccc(CO)cc3)O2)cc1. The second-order valence-electron chi connectivity index (χ2n) is 12.5. The highest BCUT2D eigenvalue weighted by atomic mass is 16.7. The first kappa shape index (κ1) is 33.9. The standard InChI is InChI=1S/C39H43N5O5/c40-32-8-4-5-9-33(32)43-38(47)13-3-1-2-12-37(46)41-23-27-14-20-30(21-15-27)39-48-31(24-44-26-42-34-10-6-7-11-35(34)44)22-36(49-39)29-18-16-28(25-45)17-19-29/h4-11,14-21,26,31,36,39,45H,1-3,12-13,22-25,40H2,(H,41,46)(H,43,47). The number of ether oxygens (including phenoxy) is 2. The molecule has 3 atom stereocenters. The van der Waals surface area contributed by atoms with Crippen LogP contribution in [0.25, 0.3) is 11.0 Å². The Bertz CT molecular complexity index is 1840. The van der Waals surface area contributed by atoms with Crippen LogP contribution in [0.15, 0.2) is 103 Å². The zero-order chi connectivity index (χ0) is 34.0. The number of nitrogens with zero attached hydrogens (tertiary/aromatic N) is 2. The number of nitrogens with two attached hydrogens (primary N) is 1. The second-order valence-corrected chi connectivity index (χ2v) is 12.5. The molecule has 1 aliphatic heterocycles. The number of hydrogen-bond donors (Lipinski definition) is 4. The van der Waals surface area contributed by atoms with E-state index in [-0.39, 0.29) is 30.6 Å². The minimum atomic E-state index is -0.577. The predicted molar refractivity (Wildman–Crippen MR) is 189 cm³/mol. The minimum Gasteiger partial charge on any atom is -0.397 e. The van der Waals surface area contributed by atoms with E-state index in [9.17, 15) is 14.7 Å². The number of benzene rings is 4. The lowest BCUT2D eigenvalue weighted by Crippen LogP contribution is -2.32. The predicted octanol–water partition coefficient (Wildman–Crippen LogP) is 6.56. The van der Waals surface area contributed by atoms with Gasteiger partial charge >= 0.3 is 0 Å². The smallest absolute Gasteiger partial charge is 0.224 e. The zero-order valence-corrected chi connectivity index (χ0v) is 27.5. The topological polar surface area (TPSA) is 141 Å². The maximum atomic E-state index is 12.5. The van der Waals surface area contributed by atoms with E-state index in [4.69, 9.17) is 15.2 Å². The summed E-state index contributed by atoms with van der Waals surface area (Å²) < 4.78 is 15.2. The molecule has 0 bridgehead atoms. The lowest BCUT2D eigenvalue weighted by atomic mass is 9.99. The van der Waals surface area contributed by atoms with Crippen molar-refractivity contribution < 1.29 is 24.2 Å². The molecule has 1 saturated heterocycles. The Balaban J connectivity index is 0.997. The molecule has 0 radical (unpaired) electrons. The van der Waals surface area contributed by atoms with Crippen molar-refractivity contribution in [1.82, 2.24) is 14.9 Å². The summed E-state index contributed by atoms with van der Waals surface area (Å²) in [6.07, 6.45) is 4.61. The number of nitrogen functional groups attached to an aromatic ring is 1. The van der Waals surface area contributed by atoms with Crippen LogP contribution in [-0.4, -0.2) is 32.6 Å². The first-order valence-electron chi connectivity index (χ1n) is 16.9. The molecule has 2 amide bonds. The quantitative estimate of drug-likeness (QED) is 0.0780. The summed E-state index contributed by atoms with van der Waals surface area (Å²) in [4.78, 5) is 29.2. The van der Waals surface area contributed by atoms with Crippen LogP contribution < -0.4 is 16.4 Å². The number of para-hydroxylation sites is 4. The van der Waals surface area contributed by atoms with E-state index in [1.54, 1.807) is 12.1 Å². The molecule has 0 spiro atoms. The van der Waals surface area contributed by atoms with E-state index in [0.717, 1.165) is 39.7 Å². The summed E-state index contributed by atoms with van der Waals surface area (Å²) in [5.41, 5.74) is 12.8. The van der Waals surface area contributed by atoms with E-state index in [1.807, 2.05) is 85.2 Å². The van der Waals surface area contributed by atoms with Crippen LogP contribution in [0.5, 0.6) is 0 Å². The van der Waals surface area contributed by atoms with E-state index in [1.165, 1.54) is 0 Å². The lowest BCUT2D eigenvalue weighted by molar-refractivity contribution is -0.252. The Hall–Kier alpha value is -5.03.